The Labute approximate surface area is 121 Å². The SMILES string of the molecule is CCCCCCCC(Cc1cc(Cl)ccc1F)NC. The Morgan fingerprint density at radius 2 is 1.95 bits per heavy atom. The third-order valence-electron chi connectivity index (χ3n) is 3.54. The van der Waals surface area contributed by atoms with Gasteiger partial charge in [-0.2, -0.15) is 0 Å². The second-order valence-corrected chi connectivity index (χ2v) is 5.56. The topological polar surface area (TPSA) is 12.0 Å². The van der Waals surface area contributed by atoms with Crippen molar-refractivity contribution in [1.82, 2.24) is 5.32 Å². The summed E-state index contributed by atoms with van der Waals surface area (Å²) < 4.78 is 13.7. The molecule has 0 spiro atoms. The summed E-state index contributed by atoms with van der Waals surface area (Å²) in [5.74, 6) is -0.157. The first-order valence-electron chi connectivity index (χ1n) is 7.28. The Hall–Kier alpha value is -0.600. The second kappa shape index (κ2) is 9.33. The van der Waals surface area contributed by atoms with Crippen molar-refractivity contribution >= 4 is 11.6 Å². The first kappa shape index (κ1) is 16.5. The van der Waals surface area contributed by atoms with Gasteiger partial charge in [0.15, 0.2) is 0 Å². The van der Waals surface area contributed by atoms with Crippen molar-refractivity contribution in [2.45, 2.75) is 57.9 Å². The number of hydrogen-bond donors (Lipinski definition) is 1. The van der Waals surface area contributed by atoms with E-state index in [1.165, 1.54) is 38.2 Å². The molecule has 0 bridgehead atoms. The maximum Gasteiger partial charge on any atom is 0.126 e. The number of nitrogens with one attached hydrogen (secondary N) is 1. The van der Waals surface area contributed by atoms with E-state index in [1.54, 1.807) is 12.1 Å². The third-order valence-corrected chi connectivity index (χ3v) is 3.77. The van der Waals surface area contributed by atoms with Gasteiger partial charge in [0, 0.05) is 11.1 Å². The standard InChI is InChI=1S/C16H25ClFN/c1-3-4-5-6-7-8-15(19-2)12-13-11-14(17)9-10-16(13)18/h9-11,15,19H,3-8,12H2,1-2H3. The normalized spacial score (nSPS) is 12.6. The molecule has 0 aliphatic rings. The fraction of sp³-hybridized carbons (Fsp3) is 0.625. The van der Waals surface area contributed by atoms with Gasteiger partial charge in [0.05, 0.1) is 0 Å². The highest BCUT2D eigenvalue weighted by Crippen LogP contribution is 2.18. The fourth-order valence-corrected chi connectivity index (χ4v) is 2.50. The number of halogens is 2. The van der Waals surface area contributed by atoms with Crippen LogP contribution in [0.4, 0.5) is 4.39 Å². The minimum Gasteiger partial charge on any atom is -0.317 e. The number of likely N-dealkylation sites (N-methyl/N-ethyl adjacent to an activating group) is 1. The monoisotopic (exact) mass is 285 g/mol. The van der Waals surface area contributed by atoms with Crippen molar-refractivity contribution < 1.29 is 4.39 Å². The molecule has 1 nitrogen and oxygen atoms in total. The summed E-state index contributed by atoms with van der Waals surface area (Å²) in [6.45, 7) is 2.22. The molecule has 0 aliphatic heterocycles. The molecule has 0 amide bonds. The second-order valence-electron chi connectivity index (χ2n) is 5.13. The molecular weight excluding hydrogens is 261 g/mol. The Kier molecular flexibility index (Phi) is 8.08. The average Bonchev–Trinajstić information content (AvgIpc) is 2.41. The van der Waals surface area contributed by atoms with Crippen molar-refractivity contribution in [3.8, 4) is 0 Å². The van der Waals surface area contributed by atoms with Crippen molar-refractivity contribution in [2.75, 3.05) is 7.05 Å². The first-order valence-corrected chi connectivity index (χ1v) is 7.66. The van der Waals surface area contributed by atoms with Crippen LogP contribution in [0.25, 0.3) is 0 Å². The molecule has 0 saturated carbocycles. The highest BCUT2D eigenvalue weighted by molar-refractivity contribution is 6.30. The van der Waals surface area contributed by atoms with Gasteiger partial charge in [-0.1, -0.05) is 50.6 Å². The number of benzene rings is 1. The van der Waals surface area contributed by atoms with Crippen LogP contribution in [0.3, 0.4) is 0 Å². The lowest BCUT2D eigenvalue weighted by atomic mass is 9.99. The van der Waals surface area contributed by atoms with Crippen LogP contribution in [-0.4, -0.2) is 13.1 Å². The van der Waals surface area contributed by atoms with E-state index in [2.05, 4.69) is 12.2 Å². The summed E-state index contributed by atoms with van der Waals surface area (Å²) in [7, 11) is 1.94. The molecule has 1 N–H and O–H groups in total. The Bertz CT molecular complexity index is 368. The summed E-state index contributed by atoms with van der Waals surface area (Å²) in [5.41, 5.74) is 0.709. The van der Waals surface area contributed by atoms with Gasteiger partial charge in [-0.15, -0.1) is 0 Å². The summed E-state index contributed by atoms with van der Waals surface area (Å²) in [6.07, 6.45) is 8.15. The van der Waals surface area contributed by atoms with Crippen LogP contribution in [0, 0.1) is 5.82 Å². The molecular formula is C16H25ClFN. The van der Waals surface area contributed by atoms with E-state index < -0.39 is 0 Å². The minimum absolute atomic E-state index is 0.157. The van der Waals surface area contributed by atoms with Crippen molar-refractivity contribution in [1.29, 1.82) is 0 Å². The van der Waals surface area contributed by atoms with E-state index in [0.717, 1.165) is 6.42 Å². The molecule has 1 atom stereocenters. The van der Waals surface area contributed by atoms with Crippen molar-refractivity contribution in [2.24, 2.45) is 0 Å². The smallest absolute Gasteiger partial charge is 0.126 e. The van der Waals surface area contributed by atoms with Crippen LogP contribution >= 0.6 is 11.6 Å². The number of hydrogen-bond acceptors (Lipinski definition) is 1. The summed E-state index contributed by atoms with van der Waals surface area (Å²) >= 11 is 5.92. The van der Waals surface area contributed by atoms with E-state index in [1.807, 2.05) is 7.05 Å². The van der Waals surface area contributed by atoms with Gasteiger partial charge in [-0.25, -0.2) is 4.39 Å². The molecule has 0 aromatic heterocycles. The molecule has 19 heavy (non-hydrogen) atoms. The molecule has 1 aromatic carbocycles. The van der Waals surface area contributed by atoms with Gasteiger partial charge in [0.25, 0.3) is 0 Å². The fourth-order valence-electron chi connectivity index (χ4n) is 2.31. The zero-order valence-corrected chi connectivity index (χ0v) is 12.8. The van der Waals surface area contributed by atoms with Gasteiger partial charge in [-0.3, -0.25) is 0 Å². The van der Waals surface area contributed by atoms with E-state index in [4.69, 9.17) is 11.6 Å². The highest BCUT2D eigenvalue weighted by atomic mass is 35.5. The maximum atomic E-state index is 13.7. The van der Waals surface area contributed by atoms with Crippen molar-refractivity contribution in [3.63, 3.8) is 0 Å². The quantitative estimate of drug-likeness (QED) is 0.632. The van der Waals surface area contributed by atoms with Crippen LogP contribution in [0.2, 0.25) is 5.02 Å². The Morgan fingerprint density at radius 3 is 2.63 bits per heavy atom. The highest BCUT2D eigenvalue weighted by Gasteiger charge is 2.11. The molecule has 0 saturated heterocycles. The number of rotatable bonds is 9. The summed E-state index contributed by atoms with van der Waals surface area (Å²) in [6, 6.07) is 5.11. The van der Waals surface area contributed by atoms with Crippen LogP contribution in [-0.2, 0) is 6.42 Å². The first-order chi connectivity index (χ1) is 9.17. The number of unbranched alkanes of at least 4 members (excludes halogenated alkanes) is 4. The van der Waals surface area contributed by atoms with Crippen LogP contribution in [0.15, 0.2) is 18.2 Å². The summed E-state index contributed by atoms with van der Waals surface area (Å²) in [4.78, 5) is 0. The molecule has 1 unspecified atom stereocenters. The predicted octanol–water partition coefficient (Wildman–Crippen LogP) is 4.97. The van der Waals surface area contributed by atoms with E-state index in [-0.39, 0.29) is 5.82 Å². The molecule has 0 radical (unpaired) electrons. The van der Waals surface area contributed by atoms with Gasteiger partial charge in [0.2, 0.25) is 0 Å². The lowest BCUT2D eigenvalue weighted by Gasteiger charge is -2.16. The third kappa shape index (κ3) is 6.40. The minimum atomic E-state index is -0.157. The lowest BCUT2D eigenvalue weighted by Crippen LogP contribution is -2.27. The molecule has 1 aromatic rings. The largest absolute Gasteiger partial charge is 0.317 e. The molecule has 0 fully saturated rings. The Balaban J connectivity index is 2.41. The average molecular weight is 286 g/mol. The summed E-state index contributed by atoms with van der Waals surface area (Å²) in [5, 5.41) is 3.88. The van der Waals surface area contributed by atoms with E-state index in [0.29, 0.717) is 23.0 Å². The van der Waals surface area contributed by atoms with Gasteiger partial charge in [-0.05, 0) is 43.7 Å². The maximum absolute atomic E-state index is 13.7. The van der Waals surface area contributed by atoms with Crippen LogP contribution < -0.4 is 5.32 Å². The van der Waals surface area contributed by atoms with E-state index in [9.17, 15) is 4.39 Å². The molecule has 3 heteroatoms. The predicted molar refractivity (Wildman–Crippen MR) is 81.3 cm³/mol. The van der Waals surface area contributed by atoms with Crippen LogP contribution in [0.5, 0.6) is 0 Å². The molecule has 0 heterocycles. The van der Waals surface area contributed by atoms with Gasteiger partial charge in [0.1, 0.15) is 5.82 Å². The molecule has 1 rings (SSSR count). The van der Waals surface area contributed by atoms with E-state index >= 15 is 0 Å². The lowest BCUT2D eigenvalue weighted by molar-refractivity contribution is 0.473. The molecule has 0 aliphatic carbocycles. The van der Waals surface area contributed by atoms with Gasteiger partial charge < -0.3 is 5.32 Å². The van der Waals surface area contributed by atoms with Crippen LogP contribution in [0.1, 0.15) is 51.0 Å². The zero-order chi connectivity index (χ0) is 14.1. The van der Waals surface area contributed by atoms with Crippen molar-refractivity contribution in [3.05, 3.63) is 34.6 Å². The Morgan fingerprint density at radius 1 is 1.21 bits per heavy atom. The van der Waals surface area contributed by atoms with Gasteiger partial charge >= 0.3 is 0 Å². The molecule has 108 valence electrons. The zero-order valence-electron chi connectivity index (χ0n) is 12.0.